The highest BCUT2D eigenvalue weighted by Gasteiger charge is 2.03. The summed E-state index contributed by atoms with van der Waals surface area (Å²) >= 11 is 5.68. The molecular formula is C14H17N5S2. The highest BCUT2D eigenvalue weighted by molar-refractivity contribution is 8.17. The number of aromatic nitrogens is 2. The molecule has 21 heavy (non-hydrogen) atoms. The molecule has 0 fully saturated rings. The zero-order chi connectivity index (χ0) is 15.2. The van der Waals surface area contributed by atoms with Crippen LogP contribution in [0.3, 0.4) is 0 Å². The van der Waals surface area contributed by atoms with Crippen molar-refractivity contribution in [2.24, 2.45) is 4.99 Å². The van der Waals surface area contributed by atoms with E-state index in [1.807, 2.05) is 31.2 Å². The fourth-order valence-corrected chi connectivity index (χ4v) is 2.81. The van der Waals surface area contributed by atoms with Crippen LogP contribution >= 0.6 is 24.4 Å². The van der Waals surface area contributed by atoms with E-state index in [0.29, 0.717) is 4.91 Å². The van der Waals surface area contributed by atoms with Crippen LogP contribution in [-0.4, -0.2) is 22.4 Å². The lowest BCUT2D eigenvalue weighted by atomic mass is 10.2. The molecule has 7 heteroatoms. The van der Waals surface area contributed by atoms with Crippen LogP contribution in [0, 0.1) is 0 Å². The first-order chi connectivity index (χ1) is 10.1. The summed E-state index contributed by atoms with van der Waals surface area (Å²) in [6.07, 6.45) is 3.67. The number of aromatic amines is 1. The average molecular weight is 319 g/mol. The Labute approximate surface area is 133 Å². The minimum atomic E-state index is 0.712. The Morgan fingerprint density at radius 3 is 3.05 bits per heavy atom. The van der Waals surface area contributed by atoms with E-state index in [1.165, 1.54) is 11.8 Å². The lowest BCUT2D eigenvalue weighted by Crippen LogP contribution is -2.32. The maximum Gasteiger partial charge on any atom is 0.180 e. The number of thioether (sulfide) groups is 1. The number of hydrogen-bond acceptors (Lipinski definition) is 5. The van der Waals surface area contributed by atoms with E-state index in [1.54, 1.807) is 13.2 Å². The largest absolute Gasteiger partial charge is 0.300 e. The third-order valence-electron chi connectivity index (χ3n) is 2.51. The number of hydrazine groups is 1. The third-order valence-corrected chi connectivity index (χ3v) is 3.47. The van der Waals surface area contributed by atoms with Crippen molar-refractivity contribution in [1.29, 1.82) is 0 Å². The van der Waals surface area contributed by atoms with Crippen molar-refractivity contribution in [2.75, 3.05) is 7.05 Å². The van der Waals surface area contributed by atoms with E-state index in [9.17, 15) is 0 Å². The Hall–Kier alpha value is -1.70. The molecule has 0 saturated heterocycles. The molecule has 1 heterocycles. The summed E-state index contributed by atoms with van der Waals surface area (Å²) in [5.41, 5.74) is 7.76. The molecule has 3 N–H and O–H groups in total. The van der Waals surface area contributed by atoms with Crippen LogP contribution in [0.4, 0.5) is 5.69 Å². The number of hydrogen-bond donors (Lipinski definition) is 4. The Balaban J connectivity index is 2.25. The van der Waals surface area contributed by atoms with Crippen LogP contribution in [0.1, 0.15) is 6.92 Å². The van der Waals surface area contributed by atoms with Crippen LogP contribution in [0.15, 0.2) is 51.9 Å². The Kier molecular flexibility index (Phi) is 5.49. The summed E-state index contributed by atoms with van der Waals surface area (Å²) < 4.78 is 0. The van der Waals surface area contributed by atoms with Crippen molar-refractivity contribution in [3.8, 4) is 0 Å². The van der Waals surface area contributed by atoms with Gasteiger partial charge in [-0.15, -0.1) is 12.6 Å². The van der Waals surface area contributed by atoms with Gasteiger partial charge in [0, 0.05) is 12.4 Å². The SMILES string of the molecule is C=C(S)/C=C(\C)SC(=Nc1ccc2[nH]ncc2c1)NNC. The second-order valence-electron chi connectivity index (χ2n) is 4.28. The molecular weight excluding hydrogens is 302 g/mol. The van der Waals surface area contributed by atoms with Gasteiger partial charge in [0.1, 0.15) is 0 Å². The molecule has 0 radical (unpaired) electrons. The smallest absolute Gasteiger partial charge is 0.180 e. The number of benzene rings is 1. The number of allylic oxidation sites excluding steroid dienone is 2. The lowest BCUT2D eigenvalue weighted by Gasteiger charge is -2.08. The van der Waals surface area contributed by atoms with E-state index in [2.05, 4.69) is 45.2 Å². The Morgan fingerprint density at radius 2 is 2.33 bits per heavy atom. The van der Waals surface area contributed by atoms with Crippen LogP contribution in [0.5, 0.6) is 0 Å². The zero-order valence-electron chi connectivity index (χ0n) is 11.8. The van der Waals surface area contributed by atoms with Gasteiger partial charge in [0.25, 0.3) is 0 Å². The zero-order valence-corrected chi connectivity index (χ0v) is 13.6. The predicted molar refractivity (Wildman–Crippen MR) is 94.9 cm³/mol. The molecule has 0 atom stereocenters. The van der Waals surface area contributed by atoms with Gasteiger partial charge in [0.05, 0.1) is 17.4 Å². The molecule has 0 unspecified atom stereocenters. The molecule has 0 bridgehead atoms. The maximum atomic E-state index is 4.59. The van der Waals surface area contributed by atoms with Gasteiger partial charge in [-0.1, -0.05) is 18.3 Å². The number of thiol groups is 1. The van der Waals surface area contributed by atoms with Crippen molar-refractivity contribution in [1.82, 2.24) is 21.0 Å². The molecule has 110 valence electrons. The maximum absolute atomic E-state index is 4.59. The monoisotopic (exact) mass is 319 g/mol. The minimum absolute atomic E-state index is 0.712. The van der Waals surface area contributed by atoms with E-state index in [0.717, 1.165) is 26.7 Å². The number of H-pyrrole nitrogens is 1. The summed E-state index contributed by atoms with van der Waals surface area (Å²) in [5.74, 6) is 0. The minimum Gasteiger partial charge on any atom is -0.300 e. The molecule has 2 aromatic rings. The van der Waals surface area contributed by atoms with E-state index in [4.69, 9.17) is 0 Å². The first-order valence-electron chi connectivity index (χ1n) is 6.27. The molecule has 0 aliphatic carbocycles. The fourth-order valence-electron chi connectivity index (χ4n) is 1.72. The van der Waals surface area contributed by atoms with Crippen molar-refractivity contribution >= 4 is 46.1 Å². The summed E-state index contributed by atoms with van der Waals surface area (Å²) in [5, 5.41) is 8.69. The van der Waals surface area contributed by atoms with Crippen LogP contribution in [0.2, 0.25) is 0 Å². The molecule has 0 aliphatic rings. The number of rotatable bonds is 4. The van der Waals surface area contributed by atoms with Gasteiger partial charge in [-0.3, -0.25) is 5.10 Å². The van der Waals surface area contributed by atoms with Gasteiger partial charge in [0.15, 0.2) is 5.17 Å². The van der Waals surface area contributed by atoms with Gasteiger partial charge in [0.2, 0.25) is 0 Å². The number of aliphatic imine (C=N–C) groups is 1. The molecule has 0 spiro atoms. The highest BCUT2D eigenvalue weighted by atomic mass is 32.2. The van der Waals surface area contributed by atoms with Gasteiger partial charge < -0.3 is 5.43 Å². The van der Waals surface area contributed by atoms with Crippen molar-refractivity contribution in [2.45, 2.75) is 6.92 Å². The van der Waals surface area contributed by atoms with Crippen LogP contribution < -0.4 is 10.9 Å². The van der Waals surface area contributed by atoms with Crippen molar-refractivity contribution in [3.05, 3.63) is 46.9 Å². The average Bonchev–Trinajstić information content (AvgIpc) is 2.85. The number of fused-ring (bicyclic) bond motifs is 1. The number of nitrogens with one attached hydrogen (secondary N) is 3. The van der Waals surface area contributed by atoms with Gasteiger partial charge in [-0.2, -0.15) is 5.10 Å². The standard InChI is InChI=1S/C14H17N5S2/c1-9(20)6-10(2)21-14(19-15-3)17-12-4-5-13-11(7-12)8-16-18-13/h4-8,15,20H,1H2,2-3H3,(H,16,18)(H,17,19)/b10-6+. The highest BCUT2D eigenvalue weighted by Crippen LogP contribution is 2.23. The summed E-state index contributed by atoms with van der Waals surface area (Å²) in [6.45, 7) is 5.73. The second kappa shape index (κ2) is 7.35. The topological polar surface area (TPSA) is 65.1 Å². The Bertz CT molecular complexity index is 702. The molecule has 1 aromatic heterocycles. The second-order valence-corrected chi connectivity index (χ2v) is 6.09. The van der Waals surface area contributed by atoms with Crippen LogP contribution in [-0.2, 0) is 0 Å². The summed E-state index contributed by atoms with van der Waals surface area (Å²) in [6, 6.07) is 5.88. The van der Waals surface area contributed by atoms with E-state index >= 15 is 0 Å². The fraction of sp³-hybridized carbons (Fsp3) is 0.143. The van der Waals surface area contributed by atoms with Gasteiger partial charge in [-0.25, -0.2) is 10.4 Å². The van der Waals surface area contributed by atoms with Gasteiger partial charge >= 0.3 is 0 Å². The van der Waals surface area contributed by atoms with Crippen molar-refractivity contribution in [3.63, 3.8) is 0 Å². The Morgan fingerprint density at radius 1 is 1.52 bits per heavy atom. The third kappa shape index (κ3) is 4.66. The molecule has 0 saturated carbocycles. The summed E-state index contributed by atoms with van der Waals surface area (Å²) in [7, 11) is 1.80. The first kappa shape index (κ1) is 15.7. The predicted octanol–water partition coefficient (Wildman–Crippen LogP) is 3.35. The normalized spacial score (nSPS) is 12.7. The van der Waals surface area contributed by atoms with E-state index in [-0.39, 0.29) is 0 Å². The number of nitrogens with zero attached hydrogens (tertiary/aromatic N) is 2. The first-order valence-corrected chi connectivity index (χ1v) is 7.53. The van der Waals surface area contributed by atoms with Crippen LogP contribution in [0.25, 0.3) is 10.9 Å². The molecule has 5 nitrogen and oxygen atoms in total. The lowest BCUT2D eigenvalue weighted by molar-refractivity contribution is 0.778. The molecule has 1 aromatic carbocycles. The summed E-state index contributed by atoms with van der Waals surface area (Å²) in [4.78, 5) is 6.35. The van der Waals surface area contributed by atoms with Crippen molar-refractivity contribution < 1.29 is 0 Å². The van der Waals surface area contributed by atoms with E-state index < -0.39 is 0 Å². The number of amidine groups is 1. The quantitative estimate of drug-likeness (QED) is 0.229. The molecule has 0 amide bonds. The molecule has 0 aliphatic heterocycles. The molecule has 2 rings (SSSR count). The van der Waals surface area contributed by atoms with Gasteiger partial charge in [-0.05, 0) is 41.0 Å².